The molecule has 144 valence electrons. The second-order valence-electron chi connectivity index (χ2n) is 6.00. The molecule has 0 unspecified atom stereocenters. The number of nitrogen functional groups attached to an aromatic ring is 1. The Bertz CT molecular complexity index is 917. The van der Waals surface area contributed by atoms with Crippen molar-refractivity contribution in [3.05, 3.63) is 66.0 Å². The summed E-state index contributed by atoms with van der Waals surface area (Å²) in [5, 5.41) is 3.03. The van der Waals surface area contributed by atoms with Crippen LogP contribution < -0.4 is 15.8 Å². The van der Waals surface area contributed by atoms with Crippen LogP contribution in [0.4, 0.5) is 17.6 Å². The van der Waals surface area contributed by atoms with Gasteiger partial charge in [0.05, 0.1) is 13.0 Å². The average Bonchev–Trinajstić information content (AvgIpc) is 2.68. The van der Waals surface area contributed by atoms with Gasteiger partial charge in [0.25, 0.3) is 0 Å². The molecule has 8 heteroatoms. The van der Waals surface area contributed by atoms with Crippen LogP contribution in [0.1, 0.15) is 17.8 Å². The van der Waals surface area contributed by atoms with Crippen molar-refractivity contribution in [2.75, 3.05) is 17.7 Å². The number of hydrogen-bond donors (Lipinski definition) is 2. The lowest BCUT2D eigenvalue weighted by Gasteiger charge is -2.09. The number of nitrogens with two attached hydrogens (primary N) is 1. The molecule has 1 heterocycles. The van der Waals surface area contributed by atoms with E-state index in [0.29, 0.717) is 5.75 Å². The van der Waals surface area contributed by atoms with Crippen molar-refractivity contribution in [2.45, 2.75) is 20.0 Å². The molecular formula is C20H21N5O3. The summed E-state index contributed by atoms with van der Waals surface area (Å²) in [6.07, 6.45) is 0.115. The molecular weight excluding hydrogens is 358 g/mol. The Labute approximate surface area is 162 Å². The molecule has 0 saturated carbocycles. The van der Waals surface area contributed by atoms with Crippen LogP contribution in [0.3, 0.4) is 0 Å². The first-order chi connectivity index (χ1) is 13.6. The van der Waals surface area contributed by atoms with Crippen molar-refractivity contribution in [1.82, 2.24) is 15.0 Å². The van der Waals surface area contributed by atoms with Crippen molar-refractivity contribution in [1.29, 1.82) is 0 Å². The van der Waals surface area contributed by atoms with Gasteiger partial charge in [-0.15, -0.1) is 0 Å². The number of esters is 1. The number of carbonyl (C=O) groups is 1. The zero-order chi connectivity index (χ0) is 19.8. The molecule has 0 fully saturated rings. The van der Waals surface area contributed by atoms with E-state index in [2.05, 4.69) is 20.3 Å². The van der Waals surface area contributed by atoms with E-state index in [1.807, 2.05) is 61.5 Å². The number of nitrogens with zero attached hydrogens (tertiary/aromatic N) is 3. The van der Waals surface area contributed by atoms with Crippen molar-refractivity contribution in [2.24, 2.45) is 0 Å². The largest absolute Gasteiger partial charge is 0.493 e. The van der Waals surface area contributed by atoms with Crippen LogP contribution in [0.2, 0.25) is 0 Å². The predicted octanol–water partition coefficient (Wildman–Crippen LogP) is 3.02. The minimum absolute atomic E-state index is 0.0437. The third-order valence-corrected chi connectivity index (χ3v) is 3.69. The molecule has 1 aromatic heterocycles. The number of ether oxygens (including phenoxy) is 2. The highest BCUT2D eigenvalue weighted by atomic mass is 16.5. The molecule has 0 aliphatic carbocycles. The fraction of sp³-hybridized carbons (Fsp3) is 0.200. The second-order valence-corrected chi connectivity index (χ2v) is 6.00. The van der Waals surface area contributed by atoms with Gasteiger partial charge < -0.3 is 20.5 Å². The lowest BCUT2D eigenvalue weighted by molar-refractivity contribution is -0.145. The maximum absolute atomic E-state index is 11.9. The highest BCUT2D eigenvalue weighted by molar-refractivity contribution is 5.69. The number of aromatic nitrogens is 3. The van der Waals surface area contributed by atoms with E-state index in [1.165, 1.54) is 0 Å². The normalized spacial score (nSPS) is 10.3. The Kier molecular flexibility index (Phi) is 6.35. The number of rotatable bonds is 8. The summed E-state index contributed by atoms with van der Waals surface area (Å²) in [6.45, 7) is 2.12. The number of aryl methyl sites for hydroxylation is 1. The Balaban J connectivity index is 1.48. The van der Waals surface area contributed by atoms with Crippen molar-refractivity contribution < 1.29 is 14.3 Å². The molecule has 0 bridgehead atoms. The summed E-state index contributed by atoms with van der Waals surface area (Å²) in [5.74, 6) is 0.886. The summed E-state index contributed by atoms with van der Waals surface area (Å²) >= 11 is 0. The van der Waals surface area contributed by atoms with Gasteiger partial charge >= 0.3 is 5.97 Å². The molecule has 0 aliphatic heterocycles. The summed E-state index contributed by atoms with van der Waals surface area (Å²) < 4.78 is 10.7. The highest BCUT2D eigenvalue weighted by Gasteiger charge is 2.09. The first kappa shape index (κ1) is 19.1. The third-order valence-electron chi connectivity index (χ3n) is 3.69. The monoisotopic (exact) mass is 379 g/mol. The van der Waals surface area contributed by atoms with Crippen LogP contribution in [0.15, 0.2) is 54.6 Å². The van der Waals surface area contributed by atoms with E-state index in [1.54, 1.807) is 0 Å². The lowest BCUT2D eigenvalue weighted by atomic mass is 10.2. The maximum Gasteiger partial charge on any atom is 0.309 e. The number of nitrogens with one attached hydrogen (secondary N) is 1. The van der Waals surface area contributed by atoms with Crippen molar-refractivity contribution in [3.8, 4) is 5.75 Å². The molecule has 0 amide bonds. The van der Waals surface area contributed by atoms with E-state index >= 15 is 0 Å². The van der Waals surface area contributed by atoms with Gasteiger partial charge in [0.15, 0.2) is 12.4 Å². The van der Waals surface area contributed by atoms with Crippen molar-refractivity contribution in [3.63, 3.8) is 0 Å². The van der Waals surface area contributed by atoms with Crippen LogP contribution in [0, 0.1) is 6.92 Å². The Morgan fingerprint density at radius 1 is 1.04 bits per heavy atom. The number of hydrogen-bond acceptors (Lipinski definition) is 8. The fourth-order valence-electron chi connectivity index (χ4n) is 2.31. The number of benzene rings is 2. The predicted molar refractivity (Wildman–Crippen MR) is 105 cm³/mol. The summed E-state index contributed by atoms with van der Waals surface area (Å²) in [5.41, 5.74) is 7.66. The van der Waals surface area contributed by atoms with Gasteiger partial charge in [-0.25, -0.2) is 0 Å². The van der Waals surface area contributed by atoms with E-state index in [-0.39, 0.29) is 37.4 Å². The maximum atomic E-state index is 11.9. The van der Waals surface area contributed by atoms with Crippen LogP contribution in [-0.4, -0.2) is 27.5 Å². The minimum Gasteiger partial charge on any atom is -0.493 e. The third kappa shape index (κ3) is 5.94. The van der Waals surface area contributed by atoms with Crippen LogP contribution in [-0.2, 0) is 16.1 Å². The molecule has 0 radical (unpaired) electrons. The fourth-order valence-corrected chi connectivity index (χ4v) is 2.31. The van der Waals surface area contributed by atoms with E-state index in [0.717, 1.165) is 11.3 Å². The van der Waals surface area contributed by atoms with Crippen LogP contribution in [0.5, 0.6) is 5.75 Å². The molecule has 0 atom stereocenters. The minimum atomic E-state index is -0.413. The summed E-state index contributed by atoms with van der Waals surface area (Å²) in [7, 11) is 0. The highest BCUT2D eigenvalue weighted by Crippen LogP contribution is 2.14. The molecule has 2 aromatic carbocycles. The molecule has 0 spiro atoms. The van der Waals surface area contributed by atoms with Gasteiger partial charge in [0.1, 0.15) is 5.75 Å². The zero-order valence-electron chi connectivity index (χ0n) is 15.5. The number of carbonyl (C=O) groups excluding carboxylic acids is 1. The Morgan fingerprint density at radius 3 is 2.54 bits per heavy atom. The first-order valence-electron chi connectivity index (χ1n) is 8.76. The SMILES string of the molecule is Cc1ccc(OCCC(=O)OCc2nc(N)nc(Nc3ccccc3)n2)cc1. The van der Waals surface area contributed by atoms with Gasteiger partial charge in [0, 0.05) is 5.69 Å². The zero-order valence-corrected chi connectivity index (χ0v) is 15.5. The molecule has 8 nitrogen and oxygen atoms in total. The van der Waals surface area contributed by atoms with Crippen LogP contribution in [0.25, 0.3) is 0 Å². The number of para-hydroxylation sites is 1. The lowest BCUT2D eigenvalue weighted by Crippen LogP contribution is -2.13. The average molecular weight is 379 g/mol. The standard InChI is InChI=1S/C20H21N5O3/c1-14-7-9-16(10-8-14)27-12-11-18(26)28-13-17-23-19(21)25-20(24-17)22-15-5-3-2-4-6-15/h2-10H,11-13H2,1H3,(H3,21,22,23,24,25). The van der Waals surface area contributed by atoms with Gasteiger partial charge in [-0.1, -0.05) is 35.9 Å². The molecule has 0 saturated heterocycles. The van der Waals surface area contributed by atoms with Crippen LogP contribution >= 0.6 is 0 Å². The van der Waals surface area contributed by atoms with E-state index < -0.39 is 5.97 Å². The number of anilines is 3. The summed E-state index contributed by atoms with van der Waals surface area (Å²) in [4.78, 5) is 24.1. The smallest absolute Gasteiger partial charge is 0.309 e. The van der Waals surface area contributed by atoms with Gasteiger partial charge in [0.2, 0.25) is 11.9 Å². The van der Waals surface area contributed by atoms with E-state index in [4.69, 9.17) is 15.2 Å². The van der Waals surface area contributed by atoms with E-state index in [9.17, 15) is 4.79 Å². The van der Waals surface area contributed by atoms with Gasteiger partial charge in [-0.05, 0) is 31.2 Å². The van der Waals surface area contributed by atoms with Gasteiger partial charge in [-0.3, -0.25) is 4.79 Å². The molecule has 3 N–H and O–H groups in total. The Morgan fingerprint density at radius 2 is 1.79 bits per heavy atom. The molecule has 3 rings (SSSR count). The molecule has 3 aromatic rings. The van der Waals surface area contributed by atoms with Crippen molar-refractivity contribution >= 4 is 23.6 Å². The molecule has 0 aliphatic rings. The first-order valence-corrected chi connectivity index (χ1v) is 8.76. The molecule has 28 heavy (non-hydrogen) atoms. The second kappa shape index (κ2) is 9.31. The Hall–Kier alpha value is -3.68. The topological polar surface area (TPSA) is 112 Å². The quantitative estimate of drug-likeness (QED) is 0.574. The summed E-state index contributed by atoms with van der Waals surface area (Å²) in [6, 6.07) is 17.0. The van der Waals surface area contributed by atoms with Gasteiger partial charge in [-0.2, -0.15) is 15.0 Å².